The average molecular weight is 298 g/mol. The van der Waals surface area contributed by atoms with Crippen LogP contribution in [0.3, 0.4) is 0 Å². The molecule has 0 spiro atoms. The van der Waals surface area contributed by atoms with Crippen LogP contribution < -0.4 is 0 Å². The molecule has 0 bridgehead atoms. The molecule has 0 aliphatic heterocycles. The molecule has 5 nitrogen and oxygen atoms in total. The molecule has 0 N–H and O–H groups in total. The summed E-state index contributed by atoms with van der Waals surface area (Å²) in [5, 5.41) is 12.0. The van der Waals surface area contributed by atoms with E-state index in [-0.39, 0.29) is 5.82 Å². The largest absolute Gasteiger partial charge is 0.294 e. The summed E-state index contributed by atoms with van der Waals surface area (Å²) < 4.78 is 15.5. The molecule has 20 heavy (non-hydrogen) atoms. The maximum atomic E-state index is 13.7. The van der Waals surface area contributed by atoms with E-state index in [2.05, 4.69) is 22.4 Å². The number of aromatic nitrogens is 4. The molecular formula is C13H17ClFN5. The van der Waals surface area contributed by atoms with Crippen molar-refractivity contribution in [1.82, 2.24) is 25.1 Å². The molecule has 1 heterocycles. The van der Waals surface area contributed by atoms with Gasteiger partial charge in [0.15, 0.2) is 5.82 Å². The SMILES string of the molecule is CCCn1nnnc1CN(C)Cc1c(F)cccc1Cl. The Bertz CT molecular complexity index is 551. The second-order valence-corrected chi connectivity index (χ2v) is 5.10. The van der Waals surface area contributed by atoms with E-state index >= 15 is 0 Å². The number of rotatable bonds is 6. The van der Waals surface area contributed by atoms with Gasteiger partial charge in [-0.2, -0.15) is 0 Å². The summed E-state index contributed by atoms with van der Waals surface area (Å²) in [5.74, 6) is 0.472. The lowest BCUT2D eigenvalue weighted by Gasteiger charge is -2.17. The van der Waals surface area contributed by atoms with Gasteiger partial charge in [0, 0.05) is 23.7 Å². The first kappa shape index (κ1) is 14.9. The number of aryl methyl sites for hydroxylation is 1. The molecule has 1 aromatic carbocycles. The van der Waals surface area contributed by atoms with Gasteiger partial charge >= 0.3 is 0 Å². The van der Waals surface area contributed by atoms with Crippen molar-refractivity contribution in [3.63, 3.8) is 0 Å². The number of hydrogen-bond donors (Lipinski definition) is 0. The molecule has 2 aromatic rings. The van der Waals surface area contributed by atoms with Crippen molar-refractivity contribution in [2.45, 2.75) is 33.0 Å². The van der Waals surface area contributed by atoms with Crippen LogP contribution in [0.1, 0.15) is 24.7 Å². The van der Waals surface area contributed by atoms with Crippen molar-refractivity contribution in [3.05, 3.63) is 40.4 Å². The zero-order valence-electron chi connectivity index (χ0n) is 11.6. The van der Waals surface area contributed by atoms with Crippen LogP contribution in [0.25, 0.3) is 0 Å². The molecule has 0 saturated carbocycles. The molecule has 108 valence electrons. The number of halogens is 2. The number of hydrogen-bond acceptors (Lipinski definition) is 4. The summed E-state index contributed by atoms with van der Waals surface area (Å²) in [7, 11) is 1.88. The number of nitrogens with zero attached hydrogens (tertiary/aromatic N) is 5. The number of tetrazole rings is 1. The topological polar surface area (TPSA) is 46.8 Å². The first-order chi connectivity index (χ1) is 9.61. The summed E-state index contributed by atoms with van der Waals surface area (Å²) >= 11 is 6.02. The molecule has 0 aliphatic carbocycles. The highest BCUT2D eigenvalue weighted by molar-refractivity contribution is 6.31. The Labute approximate surface area is 122 Å². The predicted octanol–water partition coefficient (Wildman–Crippen LogP) is 2.51. The van der Waals surface area contributed by atoms with Crippen molar-refractivity contribution < 1.29 is 4.39 Å². The minimum atomic E-state index is -0.294. The molecule has 7 heteroatoms. The standard InChI is InChI=1S/C13H17ClFN5/c1-3-7-20-13(16-17-18-20)9-19(2)8-10-11(14)5-4-6-12(10)15/h4-6H,3,7-9H2,1-2H3. The summed E-state index contributed by atoms with van der Waals surface area (Å²) in [6, 6.07) is 4.70. The molecule has 0 unspecified atom stereocenters. The van der Waals surface area contributed by atoms with Crippen molar-refractivity contribution in [2.75, 3.05) is 7.05 Å². The van der Waals surface area contributed by atoms with Gasteiger partial charge in [-0.05, 0) is 36.0 Å². The Morgan fingerprint density at radius 3 is 2.85 bits per heavy atom. The highest BCUT2D eigenvalue weighted by Crippen LogP contribution is 2.20. The van der Waals surface area contributed by atoms with E-state index < -0.39 is 0 Å². The van der Waals surface area contributed by atoms with Crippen LogP contribution in [-0.4, -0.2) is 32.2 Å². The van der Waals surface area contributed by atoms with Gasteiger partial charge in [-0.3, -0.25) is 4.90 Å². The van der Waals surface area contributed by atoms with Crippen molar-refractivity contribution in [3.8, 4) is 0 Å². The minimum Gasteiger partial charge on any atom is -0.294 e. The summed E-state index contributed by atoms with van der Waals surface area (Å²) in [5.41, 5.74) is 0.492. The predicted molar refractivity (Wildman–Crippen MR) is 74.7 cm³/mol. The Balaban J connectivity index is 2.05. The van der Waals surface area contributed by atoms with E-state index in [0.29, 0.717) is 23.7 Å². The van der Waals surface area contributed by atoms with E-state index in [4.69, 9.17) is 11.6 Å². The van der Waals surface area contributed by atoms with E-state index in [0.717, 1.165) is 18.8 Å². The third kappa shape index (κ3) is 3.52. The van der Waals surface area contributed by atoms with Crippen LogP contribution in [0, 0.1) is 5.82 Å². The van der Waals surface area contributed by atoms with Crippen molar-refractivity contribution in [1.29, 1.82) is 0 Å². The fourth-order valence-electron chi connectivity index (χ4n) is 1.97. The van der Waals surface area contributed by atoms with E-state index in [9.17, 15) is 4.39 Å². The quantitative estimate of drug-likeness (QED) is 0.822. The third-order valence-corrected chi connectivity index (χ3v) is 3.30. The van der Waals surface area contributed by atoms with E-state index in [1.54, 1.807) is 16.8 Å². The second-order valence-electron chi connectivity index (χ2n) is 4.69. The fraction of sp³-hybridized carbons (Fsp3) is 0.462. The smallest absolute Gasteiger partial charge is 0.165 e. The van der Waals surface area contributed by atoms with Gasteiger partial charge < -0.3 is 0 Å². The molecule has 0 radical (unpaired) electrons. The lowest BCUT2D eigenvalue weighted by Crippen LogP contribution is -2.21. The van der Waals surface area contributed by atoms with Crippen LogP contribution in [0.15, 0.2) is 18.2 Å². The van der Waals surface area contributed by atoms with E-state index in [1.807, 2.05) is 11.9 Å². The zero-order valence-corrected chi connectivity index (χ0v) is 12.3. The fourth-order valence-corrected chi connectivity index (χ4v) is 2.20. The van der Waals surface area contributed by atoms with E-state index in [1.165, 1.54) is 6.07 Å². The van der Waals surface area contributed by atoms with Crippen LogP contribution in [0.5, 0.6) is 0 Å². The van der Waals surface area contributed by atoms with Crippen molar-refractivity contribution >= 4 is 11.6 Å². The first-order valence-corrected chi connectivity index (χ1v) is 6.86. The zero-order chi connectivity index (χ0) is 14.5. The van der Waals surface area contributed by atoms with Gasteiger partial charge in [0.1, 0.15) is 5.82 Å². The van der Waals surface area contributed by atoms with Gasteiger partial charge in [0.05, 0.1) is 6.54 Å². The summed E-state index contributed by atoms with van der Waals surface area (Å²) in [6.07, 6.45) is 0.959. The van der Waals surface area contributed by atoms with Gasteiger partial charge in [-0.15, -0.1) is 5.10 Å². The lowest BCUT2D eigenvalue weighted by atomic mass is 10.2. The average Bonchev–Trinajstić information content (AvgIpc) is 2.82. The molecule has 0 amide bonds. The van der Waals surface area contributed by atoms with Gasteiger partial charge in [0.25, 0.3) is 0 Å². The van der Waals surface area contributed by atoms with Gasteiger partial charge in [0.2, 0.25) is 0 Å². The summed E-state index contributed by atoms with van der Waals surface area (Å²) in [6.45, 7) is 3.78. The molecular weight excluding hydrogens is 281 g/mol. The van der Waals surface area contributed by atoms with Crippen LogP contribution in [-0.2, 0) is 19.6 Å². The van der Waals surface area contributed by atoms with Gasteiger partial charge in [-0.1, -0.05) is 24.6 Å². The van der Waals surface area contributed by atoms with Gasteiger partial charge in [-0.25, -0.2) is 9.07 Å². The molecule has 2 rings (SSSR count). The molecule has 0 fully saturated rings. The minimum absolute atomic E-state index is 0.294. The maximum Gasteiger partial charge on any atom is 0.165 e. The molecule has 0 atom stereocenters. The van der Waals surface area contributed by atoms with Crippen LogP contribution in [0.2, 0.25) is 5.02 Å². The Morgan fingerprint density at radius 1 is 1.35 bits per heavy atom. The van der Waals surface area contributed by atoms with Crippen molar-refractivity contribution in [2.24, 2.45) is 0 Å². The van der Waals surface area contributed by atoms with Crippen LogP contribution in [0.4, 0.5) is 4.39 Å². The monoisotopic (exact) mass is 297 g/mol. The third-order valence-electron chi connectivity index (χ3n) is 2.94. The first-order valence-electron chi connectivity index (χ1n) is 6.48. The number of benzene rings is 1. The lowest BCUT2D eigenvalue weighted by molar-refractivity contribution is 0.297. The normalized spacial score (nSPS) is 11.2. The molecule has 0 aliphatic rings. The summed E-state index contributed by atoms with van der Waals surface area (Å²) in [4.78, 5) is 1.93. The van der Waals surface area contributed by atoms with Crippen LogP contribution >= 0.6 is 11.6 Å². The molecule has 0 saturated heterocycles. The Hall–Kier alpha value is -1.53. The molecule has 1 aromatic heterocycles. The Morgan fingerprint density at radius 2 is 2.15 bits per heavy atom. The highest BCUT2D eigenvalue weighted by Gasteiger charge is 2.13. The second kappa shape index (κ2) is 6.76. The highest BCUT2D eigenvalue weighted by atomic mass is 35.5. The Kier molecular flexibility index (Phi) is 5.03. The maximum absolute atomic E-state index is 13.7.